The molecule has 3 heteroatoms. The van der Waals surface area contributed by atoms with Crippen molar-refractivity contribution in [3.63, 3.8) is 0 Å². The van der Waals surface area contributed by atoms with Gasteiger partial charge in [0.05, 0.1) is 6.61 Å². The minimum absolute atomic E-state index is 0.714. The van der Waals surface area contributed by atoms with Crippen molar-refractivity contribution in [1.82, 2.24) is 10.2 Å². The van der Waals surface area contributed by atoms with Gasteiger partial charge >= 0.3 is 0 Å². The topological polar surface area (TPSA) is 24.5 Å². The van der Waals surface area contributed by atoms with Gasteiger partial charge in [-0.1, -0.05) is 13.8 Å². The van der Waals surface area contributed by atoms with Crippen LogP contribution in [0, 0.1) is 5.92 Å². The van der Waals surface area contributed by atoms with Crippen molar-refractivity contribution in [1.29, 1.82) is 0 Å². The fraction of sp³-hybridized carbons (Fsp3) is 1.00. The Balaban J connectivity index is 2.06. The maximum Gasteiger partial charge on any atom is 0.0506 e. The summed E-state index contributed by atoms with van der Waals surface area (Å²) in [6.07, 6.45) is 7.69. The van der Waals surface area contributed by atoms with Crippen molar-refractivity contribution in [2.45, 2.75) is 58.4 Å². The third kappa shape index (κ3) is 7.91. The van der Waals surface area contributed by atoms with Crippen molar-refractivity contribution < 1.29 is 4.74 Å². The van der Waals surface area contributed by atoms with E-state index in [4.69, 9.17) is 4.74 Å². The predicted octanol–water partition coefficient (Wildman–Crippen LogP) is 2.90. The summed E-state index contributed by atoms with van der Waals surface area (Å²) in [5, 5.41) is 3.64. The summed E-state index contributed by atoms with van der Waals surface area (Å²) in [5.41, 5.74) is 0. The molecule has 0 aliphatic carbocycles. The largest absolute Gasteiger partial charge is 0.381 e. The Kier molecular flexibility index (Phi) is 9.48. The molecular weight excluding hydrogens is 236 g/mol. The monoisotopic (exact) mass is 270 g/mol. The van der Waals surface area contributed by atoms with Gasteiger partial charge < -0.3 is 15.0 Å². The molecule has 1 saturated heterocycles. The van der Waals surface area contributed by atoms with Gasteiger partial charge in [-0.05, 0) is 64.6 Å². The van der Waals surface area contributed by atoms with Gasteiger partial charge in [-0.3, -0.25) is 0 Å². The predicted molar refractivity (Wildman–Crippen MR) is 82.6 cm³/mol. The molecule has 114 valence electrons. The number of nitrogens with one attached hydrogen (secondary N) is 1. The molecule has 0 aromatic rings. The average molecular weight is 270 g/mol. The summed E-state index contributed by atoms with van der Waals surface area (Å²) >= 11 is 0. The van der Waals surface area contributed by atoms with E-state index in [1.807, 2.05) is 0 Å². The van der Waals surface area contributed by atoms with Crippen LogP contribution >= 0.6 is 0 Å². The highest BCUT2D eigenvalue weighted by Gasteiger charge is 2.15. The van der Waals surface area contributed by atoms with Crippen LogP contribution in [-0.2, 0) is 4.74 Å². The van der Waals surface area contributed by atoms with Gasteiger partial charge in [0.25, 0.3) is 0 Å². The van der Waals surface area contributed by atoms with Gasteiger partial charge in [0, 0.05) is 19.2 Å². The fourth-order valence-electron chi connectivity index (χ4n) is 2.89. The molecule has 2 unspecified atom stereocenters. The lowest BCUT2D eigenvalue weighted by Gasteiger charge is -2.27. The summed E-state index contributed by atoms with van der Waals surface area (Å²) in [5.74, 6) is 0.763. The van der Waals surface area contributed by atoms with E-state index in [1.54, 1.807) is 0 Å². The van der Waals surface area contributed by atoms with E-state index >= 15 is 0 Å². The van der Waals surface area contributed by atoms with Crippen LogP contribution in [-0.4, -0.2) is 50.8 Å². The van der Waals surface area contributed by atoms with Crippen LogP contribution < -0.4 is 5.32 Å². The quantitative estimate of drug-likeness (QED) is 0.660. The lowest BCUT2D eigenvalue weighted by molar-refractivity contribution is 0.0418. The van der Waals surface area contributed by atoms with Crippen LogP contribution in [0.3, 0.4) is 0 Å². The number of hydrogen-bond donors (Lipinski definition) is 1. The summed E-state index contributed by atoms with van der Waals surface area (Å²) in [6.45, 7) is 10.1. The van der Waals surface area contributed by atoms with Crippen LogP contribution in [0.1, 0.15) is 52.4 Å². The van der Waals surface area contributed by atoms with Crippen LogP contribution in [0.4, 0.5) is 0 Å². The first-order valence-corrected chi connectivity index (χ1v) is 8.25. The van der Waals surface area contributed by atoms with E-state index in [9.17, 15) is 0 Å². The minimum Gasteiger partial charge on any atom is -0.381 e. The second-order valence-corrected chi connectivity index (χ2v) is 6.05. The number of nitrogens with zero attached hydrogens (tertiary/aromatic N) is 1. The SMILES string of the molecule is CCCNC(CC)CCCN(C)CC1CCCOC1. The minimum atomic E-state index is 0.714. The van der Waals surface area contributed by atoms with Crippen LogP contribution in [0.25, 0.3) is 0 Å². The molecule has 0 saturated carbocycles. The molecule has 2 atom stereocenters. The smallest absolute Gasteiger partial charge is 0.0506 e. The Hall–Kier alpha value is -0.120. The molecule has 0 bridgehead atoms. The highest BCUT2D eigenvalue weighted by molar-refractivity contribution is 4.69. The van der Waals surface area contributed by atoms with E-state index in [0.717, 1.165) is 25.7 Å². The highest BCUT2D eigenvalue weighted by Crippen LogP contribution is 2.14. The summed E-state index contributed by atoms with van der Waals surface area (Å²) in [7, 11) is 2.26. The van der Waals surface area contributed by atoms with Gasteiger partial charge in [-0.25, -0.2) is 0 Å². The molecule has 3 nitrogen and oxygen atoms in total. The molecule has 1 rings (SSSR count). The zero-order valence-corrected chi connectivity index (χ0v) is 13.3. The van der Waals surface area contributed by atoms with Crippen LogP contribution in [0.2, 0.25) is 0 Å². The molecule has 1 N–H and O–H groups in total. The number of hydrogen-bond acceptors (Lipinski definition) is 3. The lowest BCUT2D eigenvalue weighted by atomic mass is 10.0. The van der Waals surface area contributed by atoms with Crippen molar-refractivity contribution >= 4 is 0 Å². The second-order valence-electron chi connectivity index (χ2n) is 6.05. The average Bonchev–Trinajstić information content (AvgIpc) is 2.43. The van der Waals surface area contributed by atoms with E-state index in [0.29, 0.717) is 6.04 Å². The molecule has 0 aromatic heterocycles. The molecule has 1 heterocycles. The van der Waals surface area contributed by atoms with Gasteiger partial charge in [-0.15, -0.1) is 0 Å². The van der Waals surface area contributed by atoms with Crippen molar-refractivity contribution in [3.05, 3.63) is 0 Å². The van der Waals surface area contributed by atoms with E-state index < -0.39 is 0 Å². The molecule has 0 spiro atoms. The number of rotatable bonds is 10. The second kappa shape index (κ2) is 10.6. The van der Waals surface area contributed by atoms with Gasteiger partial charge in [0.2, 0.25) is 0 Å². The Morgan fingerprint density at radius 2 is 2.21 bits per heavy atom. The molecule has 19 heavy (non-hydrogen) atoms. The van der Waals surface area contributed by atoms with Gasteiger partial charge in [0.15, 0.2) is 0 Å². The summed E-state index contributed by atoms with van der Waals surface area (Å²) < 4.78 is 5.55. The van der Waals surface area contributed by atoms with E-state index in [1.165, 1.54) is 51.6 Å². The maximum atomic E-state index is 5.55. The number of ether oxygens (including phenoxy) is 1. The standard InChI is InChI=1S/C16H34N2O/c1-4-10-17-16(5-2)9-6-11-18(3)13-15-8-7-12-19-14-15/h15-17H,4-14H2,1-3H3. The maximum absolute atomic E-state index is 5.55. The first kappa shape index (κ1) is 16.9. The Labute approximate surface area is 120 Å². The van der Waals surface area contributed by atoms with Crippen LogP contribution in [0.15, 0.2) is 0 Å². The zero-order chi connectivity index (χ0) is 13.9. The zero-order valence-electron chi connectivity index (χ0n) is 13.3. The van der Waals surface area contributed by atoms with Gasteiger partial charge in [0.1, 0.15) is 0 Å². The van der Waals surface area contributed by atoms with Gasteiger partial charge in [-0.2, -0.15) is 0 Å². The third-order valence-electron chi connectivity index (χ3n) is 4.09. The Morgan fingerprint density at radius 1 is 1.37 bits per heavy atom. The molecule has 0 radical (unpaired) electrons. The molecular formula is C16H34N2O. The Morgan fingerprint density at radius 3 is 2.84 bits per heavy atom. The molecule has 1 aliphatic heterocycles. The van der Waals surface area contributed by atoms with Crippen molar-refractivity contribution in [2.75, 3.05) is 39.9 Å². The van der Waals surface area contributed by atoms with Crippen molar-refractivity contribution in [3.8, 4) is 0 Å². The fourth-order valence-corrected chi connectivity index (χ4v) is 2.89. The van der Waals surface area contributed by atoms with Crippen molar-refractivity contribution in [2.24, 2.45) is 5.92 Å². The molecule has 1 fully saturated rings. The van der Waals surface area contributed by atoms with Crippen LogP contribution in [0.5, 0.6) is 0 Å². The summed E-state index contributed by atoms with van der Waals surface area (Å²) in [6, 6.07) is 0.714. The molecule has 0 amide bonds. The molecule has 1 aliphatic rings. The third-order valence-corrected chi connectivity index (χ3v) is 4.09. The van der Waals surface area contributed by atoms with E-state index in [2.05, 4.69) is 31.1 Å². The molecule has 0 aromatic carbocycles. The summed E-state index contributed by atoms with van der Waals surface area (Å²) in [4.78, 5) is 2.49. The van der Waals surface area contributed by atoms with E-state index in [-0.39, 0.29) is 0 Å². The first-order chi connectivity index (χ1) is 9.26. The first-order valence-electron chi connectivity index (χ1n) is 8.25. The lowest BCUT2D eigenvalue weighted by Crippen LogP contribution is -2.33. The Bertz CT molecular complexity index is 205. The highest BCUT2D eigenvalue weighted by atomic mass is 16.5. The normalized spacial score (nSPS) is 21.8.